The first kappa shape index (κ1) is 218. The zero-order valence-electron chi connectivity index (χ0n) is 73.8. The van der Waals surface area contributed by atoms with Crippen LogP contribution in [0.2, 0.25) is 0 Å². The summed E-state index contributed by atoms with van der Waals surface area (Å²) >= 11 is 0. The lowest BCUT2D eigenvalue weighted by molar-refractivity contribution is -0.129. The average Bonchev–Trinajstić information content (AvgIpc) is 0.995. The zero-order chi connectivity index (χ0) is 87.0. The number of aryl methyl sites for hydroxylation is 2. The fraction of sp³-hybridized carbons (Fsp3) is 0.671. The Morgan fingerprint density at radius 2 is 0.519 bits per heavy atom. The molecular formula is C76H197N13O15. The largest absolute Gasteiger partial charge is 0.394 e. The van der Waals surface area contributed by atoms with Gasteiger partial charge in [0.05, 0.1) is 5.60 Å². The number of rotatable bonds is 7. The van der Waals surface area contributed by atoms with Crippen LogP contribution >= 0.6 is 0 Å². The molecule has 1 heterocycles. The van der Waals surface area contributed by atoms with Crippen LogP contribution in [-0.4, -0.2) is 178 Å². The Labute approximate surface area is 650 Å². The first-order chi connectivity index (χ1) is 47.0. The first-order valence-corrected chi connectivity index (χ1v) is 32.2. The van der Waals surface area contributed by atoms with Gasteiger partial charge < -0.3 is 143 Å². The highest BCUT2D eigenvalue weighted by molar-refractivity contribution is 5.73. The number of hydrogen-bond donors (Lipinski definition) is 13. The highest BCUT2D eigenvalue weighted by atomic mass is 16.5. The van der Waals surface area contributed by atoms with Crippen molar-refractivity contribution >= 4 is 87.4 Å². The van der Waals surface area contributed by atoms with Gasteiger partial charge in [-0.25, -0.2) is 0 Å². The third kappa shape index (κ3) is 608. The minimum atomic E-state index is -0.167. The van der Waals surface area contributed by atoms with Crippen LogP contribution in [0.3, 0.4) is 0 Å². The molecule has 2 aromatic carbocycles. The maximum absolute atomic E-state index is 10.7. The molecular weight excluding hydrogens is 1330 g/mol. The molecule has 1 saturated heterocycles. The van der Waals surface area contributed by atoms with Crippen LogP contribution in [0.15, 0.2) is 60.7 Å². The Hall–Kier alpha value is -6.61. The Morgan fingerprint density at radius 1 is 0.385 bits per heavy atom. The maximum atomic E-state index is 10.7. The normalized spacial score (nSPS) is 7.11. The number of piperidine rings is 1. The van der Waals surface area contributed by atoms with E-state index in [2.05, 4.69) is 206 Å². The average molecular weight is 1530 g/mol. The van der Waals surface area contributed by atoms with Gasteiger partial charge in [-0.15, -0.1) is 0 Å². The van der Waals surface area contributed by atoms with Crippen molar-refractivity contribution in [3.05, 3.63) is 71.8 Å². The molecule has 0 unspecified atom stereocenters. The Bertz CT molecular complexity index is 1130. The lowest BCUT2D eigenvalue weighted by atomic mass is 10.1. The van der Waals surface area contributed by atoms with Crippen LogP contribution in [-0.2, 0) is 79.9 Å². The molecule has 28 nitrogen and oxygen atoms in total. The lowest BCUT2D eigenvalue weighted by Gasteiger charge is -2.24. The van der Waals surface area contributed by atoms with Gasteiger partial charge in [0.1, 0.15) is 81.5 Å². The molecule has 1 amide bonds. The van der Waals surface area contributed by atoms with Crippen molar-refractivity contribution in [1.29, 1.82) is 0 Å². The number of likely N-dealkylation sites (tertiary alicyclic amines) is 1. The van der Waals surface area contributed by atoms with E-state index in [-0.39, 0.29) is 58.6 Å². The quantitative estimate of drug-likeness (QED) is 0.122. The van der Waals surface area contributed by atoms with Gasteiger partial charge in [0.15, 0.2) is 0 Å². The van der Waals surface area contributed by atoms with Gasteiger partial charge in [-0.3, -0.25) is 4.79 Å². The number of carbonyl (C=O) groups excluding carboxylic acids is 13. The monoisotopic (exact) mass is 1530 g/mol. The van der Waals surface area contributed by atoms with Crippen LogP contribution in [0, 0.1) is 23.7 Å². The predicted molar refractivity (Wildman–Crippen MR) is 472 cm³/mol. The van der Waals surface area contributed by atoms with E-state index in [1.165, 1.54) is 105 Å². The zero-order valence-corrected chi connectivity index (χ0v) is 73.8. The fourth-order valence-corrected chi connectivity index (χ4v) is 3.07. The molecule has 3 rings (SSSR count). The van der Waals surface area contributed by atoms with Crippen molar-refractivity contribution in [2.75, 3.05) is 69.0 Å². The van der Waals surface area contributed by atoms with Gasteiger partial charge >= 0.3 is 0 Å². The third-order valence-electron chi connectivity index (χ3n) is 8.15. The molecule has 0 saturated carbocycles. The minimum absolute atomic E-state index is 0. The summed E-state index contributed by atoms with van der Waals surface area (Å²) in [4.78, 5) is 109. The van der Waals surface area contributed by atoms with Crippen molar-refractivity contribution in [3.63, 3.8) is 0 Å². The van der Waals surface area contributed by atoms with Gasteiger partial charge in [-0.1, -0.05) is 218 Å². The van der Waals surface area contributed by atoms with Crippen molar-refractivity contribution in [1.82, 2.24) is 35.7 Å². The summed E-state index contributed by atoms with van der Waals surface area (Å²) in [6, 6.07) is 20.9. The summed E-state index contributed by atoms with van der Waals surface area (Å²) < 4.78 is 5.23. The second-order valence-electron chi connectivity index (χ2n) is 17.1. The summed E-state index contributed by atoms with van der Waals surface area (Å²) in [5, 5.41) is 8.06. The standard InChI is InChI=1S/2C8H10.C7H13NO.C6H14O.4C5H12.C3H8O.2C2H6.7CH5N.12CH2O.CH4.5H3N.2H2/c2*1-2-8-6-4-3-5-7-8;1-7(9)8-5-3-2-4-6-8;1-5-7-6(2,3)4;4*1-4-5(2)3;1-3(2)4;21*1-2;;;;;;;;/h2*3-7H,2H2,1H3;2-6H2,1H3;5H2,1-4H3;4*5H,4H2,1-3H3;3-4H,1-2H3;2*1-2H3;7*2H2,1H3;12*1H2;1H4;5*1H3;2*1H. The molecule has 0 atom stereocenters. The molecule has 1 aliphatic rings. The molecule has 2 aromatic rings. The van der Waals surface area contributed by atoms with E-state index in [0.29, 0.717) is 0 Å². The Balaban J connectivity index is -0.0000000152. The van der Waals surface area contributed by atoms with E-state index in [1.807, 2.05) is 133 Å². The number of aliphatic hydroxyl groups is 1. The first-order valence-electron chi connectivity index (χ1n) is 32.2. The summed E-state index contributed by atoms with van der Waals surface area (Å²) in [6.45, 7) is 78.9. The highest BCUT2D eigenvalue weighted by Crippen LogP contribution is 2.08. The Kier molecular flexibility index (Phi) is 755. The molecule has 30 N–H and O–H groups in total. The van der Waals surface area contributed by atoms with Gasteiger partial charge in [-0.2, -0.15) is 0 Å². The number of aliphatic hydroxyl groups excluding tert-OH is 1. The van der Waals surface area contributed by atoms with E-state index in [4.69, 9.17) is 67.4 Å². The lowest BCUT2D eigenvalue weighted by Crippen LogP contribution is -2.33. The van der Waals surface area contributed by atoms with Crippen LogP contribution < -0.4 is 70.9 Å². The molecule has 104 heavy (non-hydrogen) atoms. The number of hydrogen-bond acceptors (Lipinski definition) is 27. The molecule has 28 heteroatoms. The molecule has 1 aliphatic heterocycles. The van der Waals surface area contributed by atoms with Crippen molar-refractivity contribution in [3.8, 4) is 0 Å². The van der Waals surface area contributed by atoms with Crippen molar-refractivity contribution in [2.24, 2.45) is 63.8 Å². The van der Waals surface area contributed by atoms with Gasteiger partial charge in [0.25, 0.3) is 0 Å². The number of nitrogens with two attached hydrogens (primary N) is 7. The van der Waals surface area contributed by atoms with Crippen molar-refractivity contribution < 1.29 is 75.0 Å². The third-order valence-corrected chi connectivity index (χ3v) is 8.15. The Morgan fingerprint density at radius 3 is 0.577 bits per heavy atom. The van der Waals surface area contributed by atoms with Crippen LogP contribution in [0.4, 0.5) is 0 Å². The van der Waals surface area contributed by atoms with E-state index in [1.54, 1.807) is 20.8 Å². The number of amides is 1. The molecule has 0 bridgehead atoms. The molecule has 1 fully saturated rings. The van der Waals surface area contributed by atoms with E-state index < -0.39 is 0 Å². The molecule has 656 valence electrons. The SMILES string of the molecule is C.C=O.C=O.C=O.C=O.C=O.C=O.C=O.C=O.C=O.C=O.C=O.C=O.CC.CC.CC(=O)N1CCCCC1.CC(C)O.CCC(C)C.CCC(C)C.CCC(C)C.CCC(C)C.CCOC(C)(C)C.CCc1ccccc1.CCc1ccccc1.CN.CN.CN.CN.CN.CN.CN.N.N.N.N.N.[HH].[HH]. The molecule has 0 spiro atoms. The van der Waals surface area contributed by atoms with Gasteiger partial charge in [0.2, 0.25) is 5.91 Å². The fourth-order valence-electron chi connectivity index (χ4n) is 3.07. The van der Waals surface area contributed by atoms with Gasteiger partial charge in [0, 0.05) is 35.6 Å². The van der Waals surface area contributed by atoms with E-state index in [0.717, 1.165) is 56.2 Å². The number of carbonyl (C=O) groups is 13. The summed E-state index contributed by atoms with van der Waals surface area (Å²) in [5.74, 6) is 3.77. The van der Waals surface area contributed by atoms with Crippen LogP contribution in [0.25, 0.3) is 0 Å². The highest BCUT2D eigenvalue weighted by Gasteiger charge is 2.11. The number of nitrogens with zero attached hydrogens (tertiary/aromatic N) is 1. The summed E-state index contributed by atoms with van der Waals surface area (Å²) in [5.41, 5.74) is 34.4. The molecule has 0 aromatic heterocycles. The van der Waals surface area contributed by atoms with E-state index >= 15 is 0 Å². The number of ether oxygens (including phenoxy) is 1. The topological polar surface area (TPSA) is 612 Å². The van der Waals surface area contributed by atoms with Crippen molar-refractivity contribution in [2.45, 2.75) is 250 Å². The summed E-state index contributed by atoms with van der Waals surface area (Å²) in [6.07, 6.45) is 11.0. The molecule has 0 radical (unpaired) electrons. The minimum Gasteiger partial charge on any atom is -0.394 e. The maximum Gasteiger partial charge on any atom is 0.219 e. The second kappa shape index (κ2) is 360. The second-order valence-corrected chi connectivity index (χ2v) is 17.1. The number of benzene rings is 2. The smallest absolute Gasteiger partial charge is 0.219 e. The van der Waals surface area contributed by atoms with Crippen LogP contribution in [0.5, 0.6) is 0 Å². The summed E-state index contributed by atoms with van der Waals surface area (Å²) in [7, 11) is 10.5. The van der Waals surface area contributed by atoms with E-state index in [9.17, 15) is 4.79 Å². The molecule has 0 aliphatic carbocycles. The predicted octanol–water partition coefficient (Wildman–Crippen LogP) is 14.7. The van der Waals surface area contributed by atoms with Gasteiger partial charge in [-0.05, 0) is 158 Å². The van der Waals surface area contributed by atoms with Crippen LogP contribution in [0.1, 0.15) is 239 Å².